The number of hydrogen-bond acceptors (Lipinski definition) is 4. The third-order valence-electron chi connectivity index (χ3n) is 6.21. The number of aromatic amines is 1. The van der Waals surface area contributed by atoms with Gasteiger partial charge in [0.15, 0.2) is 0 Å². The van der Waals surface area contributed by atoms with Gasteiger partial charge in [-0.3, -0.25) is 14.6 Å². The van der Waals surface area contributed by atoms with Crippen molar-refractivity contribution in [2.45, 2.75) is 45.6 Å². The van der Waals surface area contributed by atoms with Crippen LogP contribution in [-0.2, 0) is 4.79 Å². The molecule has 0 spiro atoms. The number of rotatable bonds is 4. The summed E-state index contributed by atoms with van der Waals surface area (Å²) in [5.41, 5.74) is 11.6. The maximum Gasteiger partial charge on any atom is 0.269 e. The lowest BCUT2D eigenvalue weighted by Gasteiger charge is -2.29. The van der Waals surface area contributed by atoms with Gasteiger partial charge in [-0.2, -0.15) is 0 Å². The summed E-state index contributed by atoms with van der Waals surface area (Å²) in [5.74, 6) is 0.108. The van der Waals surface area contributed by atoms with Gasteiger partial charge in [-0.15, -0.1) is 12.4 Å². The first kappa shape index (κ1) is 23.0. The van der Waals surface area contributed by atoms with Crippen LogP contribution in [-0.4, -0.2) is 41.4 Å². The fraction of sp³-hybridized carbons (Fsp3) is 0.435. The largest absolute Gasteiger partial charge is 0.359 e. The van der Waals surface area contributed by atoms with Crippen LogP contribution in [0.1, 0.15) is 58.7 Å². The molecule has 8 heteroatoms. The highest BCUT2D eigenvalue weighted by Gasteiger charge is 2.35. The third kappa shape index (κ3) is 4.52. The van der Waals surface area contributed by atoms with E-state index >= 15 is 0 Å². The number of nitrogens with zero attached hydrogens (tertiary/aromatic N) is 2. The van der Waals surface area contributed by atoms with Gasteiger partial charge in [-0.25, -0.2) is 0 Å². The van der Waals surface area contributed by atoms with Crippen molar-refractivity contribution in [2.75, 3.05) is 18.5 Å². The fourth-order valence-corrected chi connectivity index (χ4v) is 4.49. The Bertz CT molecular complexity index is 1020. The SMILES string of the molecule is CNC(=O)c1cc2c(cn1)/C(=C/c1[nH]c(C)cc1C)C(=O)N2CC1CCC(N)CC1.Cl. The van der Waals surface area contributed by atoms with E-state index in [0.29, 0.717) is 23.7 Å². The number of pyridine rings is 1. The fourth-order valence-electron chi connectivity index (χ4n) is 4.49. The number of nitrogens with one attached hydrogen (secondary N) is 2. The number of aromatic nitrogens is 2. The van der Waals surface area contributed by atoms with Crippen LogP contribution in [0.5, 0.6) is 0 Å². The second kappa shape index (κ2) is 9.24. The molecule has 1 aliphatic heterocycles. The molecule has 4 N–H and O–H groups in total. The number of carbonyl (C=O) groups is 2. The number of fused-ring (bicyclic) bond motifs is 1. The molecule has 2 aliphatic rings. The molecule has 3 heterocycles. The maximum absolute atomic E-state index is 13.5. The van der Waals surface area contributed by atoms with Crippen molar-refractivity contribution in [1.29, 1.82) is 0 Å². The Morgan fingerprint density at radius 1 is 1.29 bits per heavy atom. The van der Waals surface area contributed by atoms with E-state index in [4.69, 9.17) is 5.73 Å². The van der Waals surface area contributed by atoms with Crippen molar-refractivity contribution in [1.82, 2.24) is 15.3 Å². The molecule has 0 atom stereocenters. The molecule has 2 amide bonds. The number of anilines is 1. The van der Waals surface area contributed by atoms with E-state index in [1.165, 1.54) is 0 Å². The number of H-pyrrole nitrogens is 1. The van der Waals surface area contributed by atoms with Gasteiger partial charge < -0.3 is 20.9 Å². The predicted octanol–water partition coefficient (Wildman–Crippen LogP) is 3.21. The Labute approximate surface area is 188 Å². The molecule has 0 bridgehead atoms. The molecule has 1 saturated carbocycles. The van der Waals surface area contributed by atoms with Crippen LogP contribution in [0.4, 0.5) is 5.69 Å². The number of halogens is 1. The first-order chi connectivity index (χ1) is 14.4. The van der Waals surface area contributed by atoms with Gasteiger partial charge in [0.1, 0.15) is 5.69 Å². The highest BCUT2D eigenvalue weighted by atomic mass is 35.5. The zero-order chi connectivity index (χ0) is 21.4. The summed E-state index contributed by atoms with van der Waals surface area (Å²) in [6, 6.07) is 4.05. The van der Waals surface area contributed by atoms with Crippen LogP contribution in [0.25, 0.3) is 11.6 Å². The Morgan fingerprint density at radius 3 is 2.61 bits per heavy atom. The molecule has 7 nitrogen and oxygen atoms in total. The van der Waals surface area contributed by atoms with Crippen LogP contribution >= 0.6 is 12.4 Å². The van der Waals surface area contributed by atoms with Crippen LogP contribution in [0.15, 0.2) is 18.3 Å². The lowest BCUT2D eigenvalue weighted by atomic mass is 9.86. The van der Waals surface area contributed by atoms with Gasteiger partial charge in [0.05, 0.1) is 11.3 Å². The zero-order valence-electron chi connectivity index (χ0n) is 18.2. The molecule has 0 radical (unpaired) electrons. The van der Waals surface area contributed by atoms with E-state index < -0.39 is 0 Å². The summed E-state index contributed by atoms with van der Waals surface area (Å²) in [4.78, 5) is 35.0. The summed E-state index contributed by atoms with van der Waals surface area (Å²) in [7, 11) is 1.58. The Morgan fingerprint density at radius 2 is 2.00 bits per heavy atom. The quantitative estimate of drug-likeness (QED) is 0.631. The summed E-state index contributed by atoms with van der Waals surface area (Å²) in [6.45, 7) is 4.65. The van der Waals surface area contributed by atoms with Crippen molar-refractivity contribution in [3.8, 4) is 0 Å². The second-order valence-corrected chi connectivity index (χ2v) is 8.47. The van der Waals surface area contributed by atoms with E-state index in [0.717, 1.165) is 53.9 Å². The predicted molar refractivity (Wildman–Crippen MR) is 125 cm³/mol. The third-order valence-corrected chi connectivity index (χ3v) is 6.21. The van der Waals surface area contributed by atoms with E-state index in [1.807, 2.05) is 24.8 Å². The van der Waals surface area contributed by atoms with Gasteiger partial charge in [0, 0.05) is 42.8 Å². The number of carbonyl (C=O) groups excluding carboxylic acids is 2. The molecule has 2 aromatic rings. The Hall–Kier alpha value is -2.64. The number of amides is 2. The average Bonchev–Trinajstić information content (AvgIpc) is 3.19. The molecular weight excluding hydrogens is 414 g/mol. The summed E-state index contributed by atoms with van der Waals surface area (Å²) < 4.78 is 0. The Kier molecular flexibility index (Phi) is 6.86. The van der Waals surface area contributed by atoms with Crippen molar-refractivity contribution in [2.24, 2.45) is 11.7 Å². The van der Waals surface area contributed by atoms with Gasteiger partial charge in [-0.05, 0) is 69.2 Å². The topological polar surface area (TPSA) is 104 Å². The minimum atomic E-state index is -0.262. The number of aryl methyl sites for hydroxylation is 2. The lowest BCUT2D eigenvalue weighted by molar-refractivity contribution is -0.113. The van der Waals surface area contributed by atoms with Gasteiger partial charge in [0.25, 0.3) is 11.8 Å². The molecule has 0 saturated heterocycles. The van der Waals surface area contributed by atoms with E-state index in [1.54, 1.807) is 19.3 Å². The molecule has 2 aromatic heterocycles. The standard InChI is InChI=1S/C23H29N5O2.ClH/c1-13-8-14(2)27-19(13)9-17-18-11-26-20(22(29)25-3)10-21(18)28(23(17)30)12-15-4-6-16(24)7-5-15;/h8-11,15-16,27H,4-7,12,24H2,1-3H3,(H,25,29);1H/b17-9-;. The molecule has 1 fully saturated rings. The molecule has 166 valence electrons. The Balaban J connectivity index is 0.00000272. The van der Waals surface area contributed by atoms with Crippen molar-refractivity contribution in [3.63, 3.8) is 0 Å². The van der Waals surface area contributed by atoms with E-state index in [-0.39, 0.29) is 30.3 Å². The highest BCUT2D eigenvalue weighted by Crippen LogP contribution is 2.39. The van der Waals surface area contributed by atoms with Gasteiger partial charge in [0.2, 0.25) is 0 Å². The lowest BCUT2D eigenvalue weighted by Crippen LogP contribution is -2.36. The van der Waals surface area contributed by atoms with Crippen LogP contribution < -0.4 is 16.0 Å². The molecular formula is C23H30ClN5O2. The minimum absolute atomic E-state index is 0. The maximum atomic E-state index is 13.5. The first-order valence-corrected chi connectivity index (χ1v) is 10.5. The van der Waals surface area contributed by atoms with Crippen molar-refractivity contribution < 1.29 is 9.59 Å². The summed E-state index contributed by atoms with van der Waals surface area (Å²) >= 11 is 0. The number of hydrogen-bond donors (Lipinski definition) is 3. The first-order valence-electron chi connectivity index (χ1n) is 10.5. The molecule has 4 rings (SSSR count). The summed E-state index contributed by atoms with van der Waals surface area (Å²) in [6.07, 6.45) is 7.56. The highest BCUT2D eigenvalue weighted by molar-refractivity contribution is 6.35. The van der Waals surface area contributed by atoms with Crippen LogP contribution in [0.2, 0.25) is 0 Å². The smallest absolute Gasteiger partial charge is 0.269 e. The van der Waals surface area contributed by atoms with Gasteiger partial charge >= 0.3 is 0 Å². The molecule has 0 aromatic carbocycles. The second-order valence-electron chi connectivity index (χ2n) is 8.47. The molecule has 31 heavy (non-hydrogen) atoms. The van der Waals surface area contributed by atoms with Crippen molar-refractivity contribution >= 4 is 41.6 Å². The molecule has 1 aliphatic carbocycles. The molecule has 0 unspecified atom stereocenters. The van der Waals surface area contributed by atoms with E-state index in [9.17, 15) is 9.59 Å². The van der Waals surface area contributed by atoms with Crippen LogP contribution in [0, 0.1) is 19.8 Å². The van der Waals surface area contributed by atoms with Gasteiger partial charge in [-0.1, -0.05) is 0 Å². The zero-order valence-corrected chi connectivity index (χ0v) is 19.0. The van der Waals surface area contributed by atoms with E-state index in [2.05, 4.69) is 21.4 Å². The monoisotopic (exact) mass is 443 g/mol. The van der Waals surface area contributed by atoms with Crippen LogP contribution in [0.3, 0.4) is 0 Å². The average molecular weight is 444 g/mol. The summed E-state index contributed by atoms with van der Waals surface area (Å²) in [5, 5.41) is 2.61. The number of nitrogens with two attached hydrogens (primary N) is 1. The van der Waals surface area contributed by atoms with Crippen molar-refractivity contribution in [3.05, 3.63) is 46.5 Å². The normalized spacial score (nSPS) is 21.7. The minimum Gasteiger partial charge on any atom is -0.359 e.